The molecule has 0 heterocycles. The number of hydrogen-bond donors (Lipinski definition) is 1. The minimum atomic E-state index is -4.29. The maximum Gasteiger partial charge on any atom is 0.416 e. The molecule has 17 heavy (non-hydrogen) atoms. The second-order valence-corrected chi connectivity index (χ2v) is 3.62. The summed E-state index contributed by atoms with van der Waals surface area (Å²) in [6.45, 7) is 2.94. The molecule has 0 saturated carbocycles. The van der Waals surface area contributed by atoms with Crippen LogP contribution in [-0.2, 0) is 10.9 Å². The highest BCUT2D eigenvalue weighted by atomic mass is 19.4. The van der Waals surface area contributed by atoms with E-state index in [1.165, 1.54) is 12.1 Å². The van der Waals surface area contributed by atoms with E-state index < -0.39 is 11.7 Å². The Morgan fingerprint density at radius 2 is 1.82 bits per heavy atom. The van der Waals surface area contributed by atoms with Gasteiger partial charge in [0, 0.05) is 13.2 Å². The van der Waals surface area contributed by atoms with Gasteiger partial charge in [-0.2, -0.15) is 13.2 Å². The largest absolute Gasteiger partial charge is 0.416 e. The number of benzene rings is 1. The van der Waals surface area contributed by atoms with E-state index in [0.29, 0.717) is 13.2 Å². The molecule has 0 fully saturated rings. The van der Waals surface area contributed by atoms with Gasteiger partial charge in [0.15, 0.2) is 0 Å². The van der Waals surface area contributed by atoms with Gasteiger partial charge in [0.1, 0.15) is 0 Å². The molecule has 96 valence electrons. The molecule has 0 aromatic heterocycles. The highest BCUT2D eigenvalue weighted by Crippen LogP contribution is 2.30. The van der Waals surface area contributed by atoms with Crippen LogP contribution in [0.5, 0.6) is 0 Å². The molecule has 0 spiro atoms. The number of halogens is 3. The van der Waals surface area contributed by atoms with Crippen molar-refractivity contribution in [3.05, 3.63) is 35.4 Å². The van der Waals surface area contributed by atoms with Crippen LogP contribution < -0.4 is 5.32 Å². The molecule has 0 unspecified atom stereocenters. The van der Waals surface area contributed by atoms with Crippen molar-refractivity contribution in [3.63, 3.8) is 0 Å². The third-order valence-corrected chi connectivity index (χ3v) is 2.37. The van der Waals surface area contributed by atoms with Crippen molar-refractivity contribution >= 4 is 0 Å². The first-order valence-electron chi connectivity index (χ1n) is 5.42. The maximum absolute atomic E-state index is 12.4. The van der Waals surface area contributed by atoms with Gasteiger partial charge in [-0.1, -0.05) is 12.1 Å². The highest BCUT2D eigenvalue weighted by Gasteiger charge is 2.30. The van der Waals surface area contributed by atoms with E-state index in [9.17, 15) is 13.2 Å². The van der Waals surface area contributed by atoms with E-state index in [1.807, 2.05) is 6.92 Å². The third kappa shape index (κ3) is 4.02. The van der Waals surface area contributed by atoms with Crippen LogP contribution in [0.1, 0.15) is 24.2 Å². The Bertz CT molecular complexity index is 329. The molecule has 1 rings (SSSR count). The average Bonchev–Trinajstić information content (AvgIpc) is 2.28. The lowest BCUT2D eigenvalue weighted by atomic mass is 10.1. The summed E-state index contributed by atoms with van der Waals surface area (Å²) in [6, 6.07) is 5.08. The van der Waals surface area contributed by atoms with Crippen LogP contribution in [-0.4, -0.2) is 20.2 Å². The number of likely N-dealkylation sites (N-methyl/N-ethyl adjacent to an activating group) is 1. The van der Waals surface area contributed by atoms with Gasteiger partial charge in [-0.15, -0.1) is 0 Å². The number of alkyl halides is 3. The summed E-state index contributed by atoms with van der Waals surface area (Å²) in [5, 5.41) is 2.95. The molecule has 0 aliphatic rings. The van der Waals surface area contributed by atoms with E-state index in [0.717, 1.165) is 17.7 Å². The standard InChI is InChI=1S/C12H16F3NO/c1-3-17-11(8-16-2)9-4-6-10(7-5-9)12(13,14)15/h4-7,11,16H,3,8H2,1-2H3/t11-/m1/s1. The molecular formula is C12H16F3NO. The lowest BCUT2D eigenvalue weighted by Crippen LogP contribution is -2.20. The quantitative estimate of drug-likeness (QED) is 0.863. The van der Waals surface area contributed by atoms with Gasteiger partial charge in [-0.05, 0) is 31.7 Å². The molecule has 0 aliphatic carbocycles. The molecule has 1 aromatic carbocycles. The number of rotatable bonds is 5. The lowest BCUT2D eigenvalue weighted by molar-refractivity contribution is -0.137. The molecule has 1 aromatic rings. The van der Waals surface area contributed by atoms with Crippen molar-refractivity contribution in [1.29, 1.82) is 0 Å². The van der Waals surface area contributed by atoms with Gasteiger partial charge in [-0.3, -0.25) is 0 Å². The average molecular weight is 247 g/mol. The molecule has 1 N–H and O–H groups in total. The molecular weight excluding hydrogens is 231 g/mol. The minimum absolute atomic E-state index is 0.215. The fourth-order valence-corrected chi connectivity index (χ4v) is 1.55. The van der Waals surface area contributed by atoms with Crippen molar-refractivity contribution in [2.45, 2.75) is 19.2 Å². The summed E-state index contributed by atoms with van der Waals surface area (Å²) < 4.78 is 42.6. The van der Waals surface area contributed by atoms with E-state index in [1.54, 1.807) is 7.05 Å². The molecule has 0 aliphatic heterocycles. The monoisotopic (exact) mass is 247 g/mol. The van der Waals surface area contributed by atoms with Crippen LogP contribution in [0.3, 0.4) is 0 Å². The zero-order valence-electron chi connectivity index (χ0n) is 9.84. The van der Waals surface area contributed by atoms with Crippen LogP contribution in [0, 0.1) is 0 Å². The van der Waals surface area contributed by atoms with Crippen LogP contribution >= 0.6 is 0 Å². The molecule has 0 bridgehead atoms. The highest BCUT2D eigenvalue weighted by molar-refractivity contribution is 5.26. The first kappa shape index (κ1) is 14.0. The number of ether oxygens (including phenoxy) is 1. The molecule has 0 radical (unpaired) electrons. The fraction of sp³-hybridized carbons (Fsp3) is 0.500. The molecule has 0 amide bonds. The van der Waals surface area contributed by atoms with Gasteiger partial charge < -0.3 is 10.1 Å². The van der Waals surface area contributed by atoms with Crippen molar-refractivity contribution in [1.82, 2.24) is 5.32 Å². The Hall–Kier alpha value is -1.07. The third-order valence-electron chi connectivity index (χ3n) is 2.37. The molecule has 0 saturated heterocycles. The smallest absolute Gasteiger partial charge is 0.372 e. The second kappa shape index (κ2) is 6.02. The Labute approximate surface area is 98.8 Å². The van der Waals surface area contributed by atoms with Crippen LogP contribution in [0.15, 0.2) is 24.3 Å². The predicted molar refractivity (Wildman–Crippen MR) is 59.7 cm³/mol. The SMILES string of the molecule is CCO[C@H](CNC)c1ccc(C(F)(F)F)cc1. The van der Waals surface area contributed by atoms with Gasteiger partial charge in [-0.25, -0.2) is 0 Å². The van der Waals surface area contributed by atoms with Crippen molar-refractivity contribution < 1.29 is 17.9 Å². The number of nitrogens with one attached hydrogen (secondary N) is 1. The first-order chi connectivity index (χ1) is 7.99. The Morgan fingerprint density at radius 1 is 1.24 bits per heavy atom. The summed E-state index contributed by atoms with van der Waals surface area (Å²) >= 11 is 0. The van der Waals surface area contributed by atoms with Crippen LogP contribution in [0.2, 0.25) is 0 Å². The molecule has 1 atom stereocenters. The van der Waals surface area contributed by atoms with E-state index in [4.69, 9.17) is 4.74 Å². The fourth-order valence-electron chi connectivity index (χ4n) is 1.55. The molecule has 5 heteroatoms. The minimum Gasteiger partial charge on any atom is -0.372 e. The summed E-state index contributed by atoms with van der Waals surface area (Å²) in [4.78, 5) is 0. The van der Waals surface area contributed by atoms with E-state index in [2.05, 4.69) is 5.32 Å². The second-order valence-electron chi connectivity index (χ2n) is 3.62. The van der Waals surface area contributed by atoms with Gasteiger partial charge >= 0.3 is 6.18 Å². The zero-order chi connectivity index (χ0) is 12.9. The lowest BCUT2D eigenvalue weighted by Gasteiger charge is -2.17. The van der Waals surface area contributed by atoms with Gasteiger partial charge in [0.25, 0.3) is 0 Å². The summed E-state index contributed by atoms with van der Waals surface area (Å²) in [5.74, 6) is 0. The topological polar surface area (TPSA) is 21.3 Å². The summed E-state index contributed by atoms with van der Waals surface area (Å²) in [7, 11) is 1.77. The van der Waals surface area contributed by atoms with Crippen LogP contribution in [0.25, 0.3) is 0 Å². The molecule has 2 nitrogen and oxygen atoms in total. The Morgan fingerprint density at radius 3 is 2.24 bits per heavy atom. The Balaban J connectivity index is 2.84. The maximum atomic E-state index is 12.4. The Kier molecular flexibility index (Phi) is 4.96. The van der Waals surface area contributed by atoms with Crippen molar-refractivity contribution in [3.8, 4) is 0 Å². The van der Waals surface area contributed by atoms with Gasteiger partial charge in [0.2, 0.25) is 0 Å². The van der Waals surface area contributed by atoms with Crippen molar-refractivity contribution in [2.75, 3.05) is 20.2 Å². The predicted octanol–water partition coefficient (Wildman–Crippen LogP) is 3.00. The zero-order valence-corrected chi connectivity index (χ0v) is 9.84. The normalized spacial score (nSPS) is 13.7. The summed E-state index contributed by atoms with van der Waals surface area (Å²) in [5.41, 5.74) is 0.107. The van der Waals surface area contributed by atoms with E-state index in [-0.39, 0.29) is 6.10 Å². The van der Waals surface area contributed by atoms with Crippen LogP contribution in [0.4, 0.5) is 13.2 Å². The summed E-state index contributed by atoms with van der Waals surface area (Å²) in [6.07, 6.45) is -4.50. The number of hydrogen-bond acceptors (Lipinski definition) is 2. The first-order valence-corrected chi connectivity index (χ1v) is 5.42. The van der Waals surface area contributed by atoms with E-state index >= 15 is 0 Å². The van der Waals surface area contributed by atoms with Crippen molar-refractivity contribution in [2.24, 2.45) is 0 Å². The van der Waals surface area contributed by atoms with Gasteiger partial charge in [0.05, 0.1) is 11.7 Å².